The molecule has 1 aromatic rings. The number of thioether (sulfide) groups is 1. The lowest BCUT2D eigenvalue weighted by Crippen LogP contribution is -2.30. The molecule has 3 heteroatoms. The third-order valence-corrected chi connectivity index (χ3v) is 4.49. The summed E-state index contributed by atoms with van der Waals surface area (Å²) in [6.45, 7) is 4.53. The van der Waals surface area contributed by atoms with Crippen molar-refractivity contribution in [2.75, 3.05) is 5.75 Å². The molecule has 1 aromatic carbocycles. The van der Waals surface area contributed by atoms with Crippen LogP contribution in [0.15, 0.2) is 30.3 Å². The molecule has 0 radical (unpaired) electrons. The zero-order chi connectivity index (χ0) is 11.6. The van der Waals surface area contributed by atoms with Crippen molar-refractivity contribution < 1.29 is 9.53 Å². The Morgan fingerprint density at radius 3 is 2.56 bits per heavy atom. The summed E-state index contributed by atoms with van der Waals surface area (Å²) in [5.41, 5.74) is 1.04. The second-order valence-corrected chi connectivity index (χ2v) is 5.70. The fraction of sp³-hybridized carbons (Fsp3) is 0.462. The van der Waals surface area contributed by atoms with E-state index in [1.807, 2.05) is 30.3 Å². The molecule has 86 valence electrons. The summed E-state index contributed by atoms with van der Waals surface area (Å²) in [6, 6.07) is 9.79. The highest BCUT2D eigenvalue weighted by Crippen LogP contribution is 2.51. The van der Waals surface area contributed by atoms with E-state index in [9.17, 15) is 4.79 Å². The average Bonchev–Trinajstić information content (AvgIpc) is 3.08. The van der Waals surface area contributed by atoms with E-state index in [1.54, 1.807) is 11.8 Å². The first-order chi connectivity index (χ1) is 7.65. The molecule has 2 nitrogen and oxygen atoms in total. The summed E-state index contributed by atoms with van der Waals surface area (Å²) in [7, 11) is 0. The minimum Gasteiger partial charge on any atom is -0.460 e. The van der Waals surface area contributed by atoms with Crippen molar-refractivity contribution in [3.05, 3.63) is 35.9 Å². The van der Waals surface area contributed by atoms with Crippen LogP contribution in [0.4, 0.5) is 0 Å². The first-order valence-corrected chi connectivity index (χ1v) is 6.49. The molecule has 1 atom stereocenters. The topological polar surface area (TPSA) is 26.3 Å². The zero-order valence-electron chi connectivity index (χ0n) is 9.60. The van der Waals surface area contributed by atoms with E-state index < -0.39 is 0 Å². The van der Waals surface area contributed by atoms with Gasteiger partial charge in [0.05, 0.1) is 0 Å². The third-order valence-electron chi connectivity index (χ3n) is 2.95. The van der Waals surface area contributed by atoms with Gasteiger partial charge in [0.15, 0.2) is 0 Å². The maximum absolute atomic E-state index is 11.9. The van der Waals surface area contributed by atoms with Gasteiger partial charge in [0.1, 0.15) is 11.4 Å². The number of hydrogen-bond acceptors (Lipinski definition) is 3. The van der Waals surface area contributed by atoms with Crippen molar-refractivity contribution >= 4 is 17.7 Å². The molecule has 2 rings (SSSR count). The summed E-state index contributed by atoms with van der Waals surface area (Å²) in [5.74, 6) is 1.19. The zero-order valence-corrected chi connectivity index (χ0v) is 10.4. The number of ether oxygens (including phenoxy) is 1. The monoisotopic (exact) mass is 236 g/mol. The van der Waals surface area contributed by atoms with Gasteiger partial charge in [-0.3, -0.25) is 4.79 Å². The summed E-state index contributed by atoms with van der Waals surface area (Å²) in [5, 5.41) is 0. The van der Waals surface area contributed by atoms with Gasteiger partial charge in [0.25, 0.3) is 0 Å². The molecule has 0 bridgehead atoms. The average molecular weight is 236 g/mol. The van der Waals surface area contributed by atoms with Crippen LogP contribution in [0.1, 0.15) is 19.4 Å². The van der Waals surface area contributed by atoms with Crippen LogP contribution in [0, 0.1) is 5.92 Å². The van der Waals surface area contributed by atoms with E-state index in [-0.39, 0.29) is 10.7 Å². The SMILES string of the molecule is CC(C)[C@]1(C(=O)OCc2ccccc2)CS1. The Morgan fingerprint density at radius 1 is 1.44 bits per heavy atom. The molecule has 0 spiro atoms. The molecule has 0 unspecified atom stereocenters. The lowest BCUT2D eigenvalue weighted by Gasteiger charge is -2.16. The smallest absolute Gasteiger partial charge is 0.323 e. The number of rotatable bonds is 4. The second-order valence-electron chi connectivity index (χ2n) is 4.39. The molecule has 1 heterocycles. The quantitative estimate of drug-likeness (QED) is 0.594. The maximum Gasteiger partial charge on any atom is 0.323 e. The second kappa shape index (κ2) is 4.50. The van der Waals surface area contributed by atoms with Crippen LogP contribution in [0.5, 0.6) is 0 Å². The Kier molecular flexibility index (Phi) is 3.24. The van der Waals surface area contributed by atoms with E-state index in [0.29, 0.717) is 12.5 Å². The number of carbonyl (C=O) groups excluding carboxylic acids is 1. The lowest BCUT2D eigenvalue weighted by atomic mass is 9.98. The van der Waals surface area contributed by atoms with Crippen molar-refractivity contribution in [2.45, 2.75) is 25.2 Å². The molecule has 0 saturated carbocycles. The molecule has 1 aliphatic heterocycles. The molecular weight excluding hydrogens is 220 g/mol. The molecule has 0 aromatic heterocycles. The first kappa shape index (κ1) is 11.5. The van der Waals surface area contributed by atoms with E-state index in [0.717, 1.165) is 11.3 Å². The molecular formula is C13H16O2S. The van der Waals surface area contributed by atoms with E-state index in [1.165, 1.54) is 0 Å². The van der Waals surface area contributed by atoms with Crippen LogP contribution < -0.4 is 0 Å². The summed E-state index contributed by atoms with van der Waals surface area (Å²) in [4.78, 5) is 11.9. The number of esters is 1. The summed E-state index contributed by atoms with van der Waals surface area (Å²) in [6.07, 6.45) is 0. The molecule has 1 aliphatic rings. The predicted octanol–water partition coefficient (Wildman–Crippen LogP) is 2.87. The van der Waals surface area contributed by atoms with Crippen molar-refractivity contribution in [1.82, 2.24) is 0 Å². The van der Waals surface area contributed by atoms with Crippen LogP contribution in [0.25, 0.3) is 0 Å². The highest BCUT2D eigenvalue weighted by molar-refractivity contribution is 8.08. The number of carbonyl (C=O) groups is 1. The summed E-state index contributed by atoms with van der Waals surface area (Å²) < 4.78 is 5.10. The van der Waals surface area contributed by atoms with E-state index >= 15 is 0 Å². The first-order valence-electron chi connectivity index (χ1n) is 5.50. The number of benzene rings is 1. The van der Waals surface area contributed by atoms with Crippen molar-refractivity contribution in [3.8, 4) is 0 Å². The fourth-order valence-electron chi connectivity index (χ4n) is 1.61. The van der Waals surface area contributed by atoms with Crippen LogP contribution in [0.2, 0.25) is 0 Å². The Morgan fingerprint density at radius 2 is 2.06 bits per heavy atom. The van der Waals surface area contributed by atoms with Crippen molar-refractivity contribution in [3.63, 3.8) is 0 Å². The van der Waals surface area contributed by atoms with Gasteiger partial charge < -0.3 is 4.74 Å². The molecule has 1 fully saturated rings. The Labute approximate surface area is 100 Å². The minimum absolute atomic E-state index is 0.0589. The van der Waals surface area contributed by atoms with Crippen LogP contribution >= 0.6 is 11.8 Å². The highest BCUT2D eigenvalue weighted by atomic mass is 32.2. The molecule has 16 heavy (non-hydrogen) atoms. The standard InChI is InChI=1S/C13H16O2S/c1-10(2)13(9-16-13)12(14)15-8-11-6-4-3-5-7-11/h3-7,10H,8-9H2,1-2H3/t13-/m0/s1. The molecule has 0 aliphatic carbocycles. The van der Waals surface area contributed by atoms with Gasteiger partial charge in [0, 0.05) is 5.75 Å². The van der Waals surface area contributed by atoms with Gasteiger partial charge >= 0.3 is 5.97 Å². The Bertz CT molecular complexity index is 369. The Hall–Kier alpha value is -0.960. The predicted molar refractivity (Wildman–Crippen MR) is 66.3 cm³/mol. The van der Waals surface area contributed by atoms with Gasteiger partial charge in [0.2, 0.25) is 0 Å². The van der Waals surface area contributed by atoms with Gasteiger partial charge in [-0.1, -0.05) is 44.2 Å². The maximum atomic E-state index is 11.9. The fourth-order valence-corrected chi connectivity index (χ4v) is 2.73. The van der Waals surface area contributed by atoms with Crippen LogP contribution in [-0.2, 0) is 16.1 Å². The van der Waals surface area contributed by atoms with Crippen molar-refractivity contribution in [1.29, 1.82) is 0 Å². The van der Waals surface area contributed by atoms with E-state index in [2.05, 4.69) is 13.8 Å². The number of hydrogen-bond donors (Lipinski definition) is 0. The minimum atomic E-state index is -0.255. The Balaban J connectivity index is 1.90. The van der Waals surface area contributed by atoms with Crippen molar-refractivity contribution in [2.24, 2.45) is 5.92 Å². The largest absolute Gasteiger partial charge is 0.460 e. The third kappa shape index (κ3) is 2.24. The van der Waals surface area contributed by atoms with Gasteiger partial charge in [-0.25, -0.2) is 0 Å². The van der Waals surface area contributed by atoms with Gasteiger partial charge in [-0.05, 0) is 11.5 Å². The highest BCUT2D eigenvalue weighted by Gasteiger charge is 2.55. The van der Waals surface area contributed by atoms with E-state index in [4.69, 9.17) is 4.74 Å². The van der Waals surface area contributed by atoms with Gasteiger partial charge in [-0.2, -0.15) is 0 Å². The van der Waals surface area contributed by atoms with Gasteiger partial charge in [-0.15, -0.1) is 11.8 Å². The summed E-state index contributed by atoms with van der Waals surface area (Å²) >= 11 is 1.69. The lowest BCUT2D eigenvalue weighted by molar-refractivity contribution is -0.147. The molecule has 0 amide bonds. The molecule has 1 saturated heterocycles. The molecule has 0 N–H and O–H groups in total. The van der Waals surface area contributed by atoms with Crippen LogP contribution in [-0.4, -0.2) is 16.5 Å². The van der Waals surface area contributed by atoms with Crippen LogP contribution in [0.3, 0.4) is 0 Å². The normalized spacial score (nSPS) is 23.2.